The van der Waals surface area contributed by atoms with E-state index in [4.69, 9.17) is 20.8 Å². The van der Waals surface area contributed by atoms with E-state index in [1.165, 1.54) is 6.26 Å². The lowest BCUT2D eigenvalue weighted by Crippen LogP contribution is -2.12. The van der Waals surface area contributed by atoms with Crippen LogP contribution in [0.2, 0.25) is 5.02 Å². The van der Waals surface area contributed by atoms with Crippen LogP contribution in [0.4, 0.5) is 5.69 Å². The summed E-state index contributed by atoms with van der Waals surface area (Å²) in [5.74, 6) is 1.67. The Morgan fingerprint density at radius 3 is 2.77 bits per heavy atom. The molecule has 1 aromatic carbocycles. The number of halogens is 1. The summed E-state index contributed by atoms with van der Waals surface area (Å²) >= 11 is 6.14. The molecule has 0 fully saturated rings. The highest BCUT2D eigenvalue weighted by atomic mass is 35.5. The van der Waals surface area contributed by atoms with Gasteiger partial charge in [-0.05, 0) is 38.1 Å². The first-order chi connectivity index (χ1) is 10.5. The lowest BCUT2D eigenvalue weighted by Gasteiger charge is -2.12. The predicted molar refractivity (Wildman–Crippen MR) is 87.5 cm³/mol. The van der Waals surface area contributed by atoms with E-state index in [9.17, 15) is 4.79 Å². The van der Waals surface area contributed by atoms with Crippen molar-refractivity contribution >= 4 is 23.2 Å². The summed E-state index contributed by atoms with van der Waals surface area (Å²) in [5.41, 5.74) is 1.11. The van der Waals surface area contributed by atoms with E-state index in [2.05, 4.69) is 5.32 Å². The summed E-state index contributed by atoms with van der Waals surface area (Å²) in [6, 6.07) is 6.75. The topological polar surface area (TPSA) is 51.5 Å². The fourth-order valence-electron chi connectivity index (χ4n) is 1.95. The second-order valence-electron chi connectivity index (χ2n) is 4.70. The average Bonchev–Trinajstić information content (AvgIpc) is 2.94. The fraction of sp³-hybridized carbons (Fsp3) is 0.235. The van der Waals surface area contributed by atoms with E-state index < -0.39 is 0 Å². The molecule has 1 aromatic heterocycles. The maximum atomic E-state index is 12.2. The maximum Gasteiger partial charge on any atom is 0.259 e. The number of amides is 1. The van der Waals surface area contributed by atoms with E-state index in [1.54, 1.807) is 31.2 Å². The highest BCUT2D eigenvalue weighted by Gasteiger charge is 2.13. The Labute approximate surface area is 134 Å². The van der Waals surface area contributed by atoms with Crippen molar-refractivity contribution in [2.45, 2.75) is 27.2 Å². The molecule has 0 unspecified atom stereocenters. The van der Waals surface area contributed by atoms with Crippen molar-refractivity contribution in [3.05, 3.63) is 58.7 Å². The summed E-state index contributed by atoms with van der Waals surface area (Å²) in [5, 5.41) is 3.30. The molecule has 116 valence electrons. The van der Waals surface area contributed by atoms with Crippen LogP contribution in [-0.4, -0.2) is 5.91 Å². The number of rotatable bonds is 5. The van der Waals surface area contributed by atoms with Gasteiger partial charge in [-0.1, -0.05) is 18.5 Å². The number of anilines is 1. The second kappa shape index (κ2) is 7.18. The van der Waals surface area contributed by atoms with Gasteiger partial charge in [-0.15, -0.1) is 0 Å². The molecular formula is C17H18ClNO3. The second-order valence-corrected chi connectivity index (χ2v) is 5.11. The van der Waals surface area contributed by atoms with E-state index >= 15 is 0 Å². The van der Waals surface area contributed by atoms with Gasteiger partial charge in [0.2, 0.25) is 0 Å². The van der Waals surface area contributed by atoms with Crippen molar-refractivity contribution in [3.63, 3.8) is 0 Å². The minimum absolute atomic E-state index is 0.235. The van der Waals surface area contributed by atoms with E-state index in [0.29, 0.717) is 27.8 Å². The molecule has 2 rings (SSSR count). The monoisotopic (exact) mass is 319 g/mol. The lowest BCUT2D eigenvalue weighted by atomic mass is 10.2. The molecule has 0 saturated carbocycles. The largest absolute Gasteiger partial charge is 0.469 e. The molecule has 0 atom stereocenters. The SMILES string of the molecule is CC=C(CC)Oc1cc(NC(=O)c2ccoc2C)ccc1Cl. The first kappa shape index (κ1) is 16.2. The summed E-state index contributed by atoms with van der Waals surface area (Å²) in [4.78, 5) is 12.2. The Morgan fingerprint density at radius 2 is 2.18 bits per heavy atom. The van der Waals surface area contributed by atoms with Crippen LogP contribution < -0.4 is 10.1 Å². The molecule has 0 aliphatic carbocycles. The standard InChI is InChI=1S/C17H18ClNO3/c1-4-13(5-2)22-16-10-12(6-7-15(16)18)19-17(20)14-8-9-21-11(14)3/h4,6-10H,5H2,1-3H3,(H,19,20). The Kier molecular flexibility index (Phi) is 5.28. The summed E-state index contributed by atoms with van der Waals surface area (Å²) in [6.45, 7) is 5.64. The highest BCUT2D eigenvalue weighted by Crippen LogP contribution is 2.30. The van der Waals surface area contributed by atoms with E-state index in [0.717, 1.165) is 12.2 Å². The molecule has 2 aromatic rings. The zero-order valence-corrected chi connectivity index (χ0v) is 13.5. The Morgan fingerprint density at radius 1 is 1.41 bits per heavy atom. The molecule has 1 N–H and O–H groups in total. The zero-order valence-electron chi connectivity index (χ0n) is 12.8. The molecule has 0 bridgehead atoms. The lowest BCUT2D eigenvalue weighted by molar-refractivity contribution is 0.102. The number of carbonyl (C=O) groups excluding carboxylic acids is 1. The average molecular weight is 320 g/mol. The smallest absolute Gasteiger partial charge is 0.259 e. The molecule has 22 heavy (non-hydrogen) atoms. The number of furan rings is 1. The van der Waals surface area contributed by atoms with Crippen molar-refractivity contribution in [2.24, 2.45) is 0 Å². The van der Waals surface area contributed by atoms with E-state index in [-0.39, 0.29) is 5.91 Å². The van der Waals surface area contributed by atoms with Crippen molar-refractivity contribution in [1.82, 2.24) is 0 Å². The number of carbonyl (C=O) groups is 1. The quantitative estimate of drug-likeness (QED) is 0.772. The minimum atomic E-state index is -0.235. The minimum Gasteiger partial charge on any atom is -0.469 e. The third-order valence-corrected chi connectivity index (χ3v) is 3.52. The fourth-order valence-corrected chi connectivity index (χ4v) is 2.11. The van der Waals surface area contributed by atoms with E-state index in [1.807, 2.05) is 19.9 Å². The van der Waals surface area contributed by atoms with Gasteiger partial charge in [0.15, 0.2) is 0 Å². The number of benzene rings is 1. The molecule has 1 amide bonds. The summed E-state index contributed by atoms with van der Waals surface area (Å²) < 4.78 is 10.9. The molecule has 4 nitrogen and oxygen atoms in total. The van der Waals surface area contributed by atoms with Crippen LogP contribution in [0.25, 0.3) is 0 Å². The Bertz CT molecular complexity index is 704. The Balaban J connectivity index is 2.19. The van der Waals surface area contributed by atoms with Crippen LogP contribution in [0, 0.1) is 6.92 Å². The van der Waals surface area contributed by atoms with Gasteiger partial charge in [-0.25, -0.2) is 0 Å². The number of hydrogen-bond acceptors (Lipinski definition) is 3. The van der Waals surface area contributed by atoms with Crippen LogP contribution in [0.5, 0.6) is 5.75 Å². The normalized spacial score (nSPS) is 11.4. The van der Waals surface area contributed by atoms with Gasteiger partial charge in [0.05, 0.1) is 22.6 Å². The number of hydrogen-bond donors (Lipinski definition) is 1. The van der Waals surface area contributed by atoms with Gasteiger partial charge in [-0.2, -0.15) is 0 Å². The highest BCUT2D eigenvalue weighted by molar-refractivity contribution is 6.32. The number of allylic oxidation sites excluding steroid dienone is 2. The van der Waals surface area contributed by atoms with Crippen LogP contribution >= 0.6 is 11.6 Å². The third kappa shape index (κ3) is 3.71. The molecular weight excluding hydrogens is 302 g/mol. The molecule has 0 aliphatic rings. The molecule has 1 heterocycles. The van der Waals surface area contributed by atoms with Crippen molar-refractivity contribution in [3.8, 4) is 5.75 Å². The number of aryl methyl sites for hydroxylation is 1. The molecule has 0 aliphatic heterocycles. The van der Waals surface area contributed by atoms with Gasteiger partial charge in [0.25, 0.3) is 5.91 Å². The number of ether oxygens (including phenoxy) is 1. The predicted octanol–water partition coefficient (Wildman–Crippen LogP) is 5.19. The van der Waals surface area contributed by atoms with Crippen LogP contribution in [-0.2, 0) is 0 Å². The van der Waals surface area contributed by atoms with Gasteiger partial charge >= 0.3 is 0 Å². The van der Waals surface area contributed by atoms with Gasteiger partial charge in [0.1, 0.15) is 11.5 Å². The third-order valence-electron chi connectivity index (χ3n) is 3.20. The molecule has 0 spiro atoms. The van der Waals surface area contributed by atoms with Gasteiger partial charge in [-0.3, -0.25) is 4.79 Å². The molecule has 0 saturated heterocycles. The molecule has 5 heteroatoms. The number of nitrogens with one attached hydrogen (secondary N) is 1. The van der Waals surface area contributed by atoms with Gasteiger partial charge in [0, 0.05) is 18.2 Å². The first-order valence-corrected chi connectivity index (χ1v) is 7.41. The summed E-state index contributed by atoms with van der Waals surface area (Å²) in [7, 11) is 0. The van der Waals surface area contributed by atoms with Crippen LogP contribution in [0.3, 0.4) is 0 Å². The van der Waals surface area contributed by atoms with Crippen molar-refractivity contribution in [1.29, 1.82) is 0 Å². The van der Waals surface area contributed by atoms with Gasteiger partial charge < -0.3 is 14.5 Å². The van der Waals surface area contributed by atoms with Crippen molar-refractivity contribution < 1.29 is 13.9 Å². The Hall–Kier alpha value is -2.20. The first-order valence-electron chi connectivity index (χ1n) is 7.03. The van der Waals surface area contributed by atoms with Crippen LogP contribution in [0.15, 0.2) is 46.8 Å². The zero-order chi connectivity index (χ0) is 16.1. The summed E-state index contributed by atoms with van der Waals surface area (Å²) in [6.07, 6.45) is 4.13. The van der Waals surface area contributed by atoms with Crippen molar-refractivity contribution in [2.75, 3.05) is 5.32 Å². The maximum absolute atomic E-state index is 12.2. The molecule has 0 radical (unpaired) electrons. The van der Waals surface area contributed by atoms with Crippen LogP contribution in [0.1, 0.15) is 36.4 Å².